The molecule has 0 aliphatic carbocycles. The zero-order chi connectivity index (χ0) is 19.7. The third kappa shape index (κ3) is 3.76. The first-order valence-electron chi connectivity index (χ1n) is 8.70. The molecule has 0 bridgehead atoms. The number of nitrogens with one attached hydrogen (secondary N) is 2. The number of nitrogen functional groups attached to an aromatic ring is 1. The summed E-state index contributed by atoms with van der Waals surface area (Å²) >= 11 is 0. The van der Waals surface area contributed by atoms with Gasteiger partial charge in [0.2, 0.25) is 0 Å². The number of hydrogen-bond acceptors (Lipinski definition) is 4. The van der Waals surface area contributed by atoms with Gasteiger partial charge in [-0.2, -0.15) is 0 Å². The molecule has 0 fully saturated rings. The fraction of sp³-hybridized carbons (Fsp3) is 0.250. The molecule has 1 heterocycles. The van der Waals surface area contributed by atoms with Crippen molar-refractivity contribution in [3.63, 3.8) is 0 Å². The quantitative estimate of drug-likeness (QED) is 0.569. The topological polar surface area (TPSA) is 105 Å². The SMILES string of the molecule is Cc1ccc(N)c(NC(=O)Nc2ccc3c(c2)C(=O)N(CC(C)C)C3=O)c1. The maximum absolute atomic E-state index is 12.5. The Morgan fingerprint density at radius 2 is 1.74 bits per heavy atom. The first-order valence-corrected chi connectivity index (χ1v) is 8.70. The van der Waals surface area contributed by atoms with Crippen LogP contribution in [-0.4, -0.2) is 29.3 Å². The minimum Gasteiger partial charge on any atom is -0.397 e. The van der Waals surface area contributed by atoms with E-state index in [1.165, 1.54) is 11.0 Å². The van der Waals surface area contributed by atoms with Crippen molar-refractivity contribution in [3.05, 3.63) is 53.1 Å². The van der Waals surface area contributed by atoms with Gasteiger partial charge in [-0.15, -0.1) is 0 Å². The third-order valence-corrected chi connectivity index (χ3v) is 4.23. The van der Waals surface area contributed by atoms with Crippen LogP contribution < -0.4 is 16.4 Å². The predicted octanol–water partition coefficient (Wildman–Crippen LogP) is 3.47. The second-order valence-electron chi connectivity index (χ2n) is 7.04. The van der Waals surface area contributed by atoms with Gasteiger partial charge >= 0.3 is 6.03 Å². The van der Waals surface area contributed by atoms with E-state index in [2.05, 4.69) is 10.6 Å². The van der Waals surface area contributed by atoms with Crippen molar-refractivity contribution in [1.82, 2.24) is 4.90 Å². The van der Waals surface area contributed by atoms with E-state index in [1.807, 2.05) is 26.8 Å². The van der Waals surface area contributed by atoms with Crippen LogP contribution in [0.3, 0.4) is 0 Å². The van der Waals surface area contributed by atoms with E-state index in [0.717, 1.165) is 5.56 Å². The van der Waals surface area contributed by atoms with E-state index < -0.39 is 6.03 Å². The fourth-order valence-corrected chi connectivity index (χ4v) is 2.96. The number of carbonyl (C=O) groups is 3. The molecule has 4 N–H and O–H groups in total. The molecule has 2 aromatic carbocycles. The number of fused-ring (bicyclic) bond motifs is 1. The molecule has 0 saturated carbocycles. The Balaban J connectivity index is 1.76. The van der Waals surface area contributed by atoms with Gasteiger partial charge in [-0.1, -0.05) is 19.9 Å². The maximum Gasteiger partial charge on any atom is 0.323 e. The Bertz CT molecular complexity index is 937. The van der Waals surface area contributed by atoms with Gasteiger partial charge in [0, 0.05) is 12.2 Å². The molecule has 0 saturated heterocycles. The smallest absolute Gasteiger partial charge is 0.323 e. The van der Waals surface area contributed by atoms with Crippen molar-refractivity contribution in [1.29, 1.82) is 0 Å². The molecule has 0 aromatic heterocycles. The summed E-state index contributed by atoms with van der Waals surface area (Å²) in [6.07, 6.45) is 0. The van der Waals surface area contributed by atoms with E-state index in [0.29, 0.717) is 34.7 Å². The van der Waals surface area contributed by atoms with Gasteiger partial charge < -0.3 is 16.4 Å². The Morgan fingerprint density at radius 1 is 1.04 bits per heavy atom. The first kappa shape index (κ1) is 18.4. The van der Waals surface area contributed by atoms with Crippen molar-refractivity contribution in [2.45, 2.75) is 20.8 Å². The molecular formula is C20H22N4O3. The van der Waals surface area contributed by atoms with E-state index in [4.69, 9.17) is 5.73 Å². The number of rotatable bonds is 4. The molecule has 0 atom stereocenters. The van der Waals surface area contributed by atoms with Crippen molar-refractivity contribution in [2.75, 3.05) is 22.9 Å². The maximum atomic E-state index is 12.5. The lowest BCUT2D eigenvalue weighted by Crippen LogP contribution is -2.33. The normalized spacial score (nSPS) is 13.1. The number of aryl methyl sites for hydroxylation is 1. The molecule has 27 heavy (non-hydrogen) atoms. The molecule has 0 unspecified atom stereocenters. The molecule has 1 aliphatic heterocycles. The van der Waals surface area contributed by atoms with Crippen LogP contribution in [-0.2, 0) is 0 Å². The second kappa shape index (κ2) is 7.11. The van der Waals surface area contributed by atoms with E-state index in [-0.39, 0.29) is 17.7 Å². The summed E-state index contributed by atoms with van der Waals surface area (Å²) in [6, 6.07) is 9.54. The molecule has 3 rings (SSSR count). The Hall–Kier alpha value is -3.35. The van der Waals surface area contributed by atoms with Crippen LogP contribution in [0.1, 0.15) is 40.1 Å². The molecule has 7 nitrogen and oxygen atoms in total. The number of hydrogen-bond donors (Lipinski definition) is 3. The number of imide groups is 1. The molecule has 140 valence electrons. The van der Waals surface area contributed by atoms with Crippen molar-refractivity contribution >= 4 is 34.9 Å². The van der Waals surface area contributed by atoms with E-state index in [1.54, 1.807) is 24.3 Å². The summed E-state index contributed by atoms with van der Waals surface area (Å²) < 4.78 is 0. The number of urea groups is 1. The standard InChI is InChI=1S/C20H22N4O3/c1-11(2)10-24-18(25)14-6-5-13(9-15(14)19(24)26)22-20(27)23-17-8-12(3)4-7-16(17)21/h4-9,11H,10,21H2,1-3H3,(H2,22,23,27). The lowest BCUT2D eigenvalue weighted by Gasteiger charge is -2.15. The molecule has 1 aliphatic rings. The Kier molecular flexibility index (Phi) is 4.85. The summed E-state index contributed by atoms with van der Waals surface area (Å²) in [7, 11) is 0. The van der Waals surface area contributed by atoms with Gasteiger partial charge in [0.05, 0.1) is 22.5 Å². The number of nitrogens with two attached hydrogens (primary N) is 1. The number of amides is 4. The first-order chi connectivity index (χ1) is 12.8. The number of anilines is 3. The van der Waals surface area contributed by atoms with Gasteiger partial charge in [-0.25, -0.2) is 4.79 Å². The molecule has 0 spiro atoms. The van der Waals surface area contributed by atoms with Gasteiger partial charge in [-0.05, 0) is 48.7 Å². The minimum absolute atomic E-state index is 0.176. The van der Waals surface area contributed by atoms with E-state index in [9.17, 15) is 14.4 Å². The summed E-state index contributed by atoms with van der Waals surface area (Å²) in [5.74, 6) is -0.460. The van der Waals surface area contributed by atoms with Crippen molar-refractivity contribution < 1.29 is 14.4 Å². The van der Waals surface area contributed by atoms with Gasteiger partial charge in [0.25, 0.3) is 11.8 Å². The summed E-state index contributed by atoms with van der Waals surface area (Å²) in [6.45, 7) is 6.15. The minimum atomic E-state index is -0.483. The molecule has 2 aromatic rings. The summed E-state index contributed by atoms with van der Waals surface area (Å²) in [4.78, 5) is 38.4. The van der Waals surface area contributed by atoms with Crippen LogP contribution in [0.15, 0.2) is 36.4 Å². The van der Waals surface area contributed by atoms with Gasteiger partial charge in [-0.3, -0.25) is 14.5 Å². The number of nitrogens with zero attached hydrogens (tertiary/aromatic N) is 1. The van der Waals surface area contributed by atoms with Crippen LogP contribution in [0.5, 0.6) is 0 Å². The van der Waals surface area contributed by atoms with Gasteiger partial charge in [0.15, 0.2) is 0 Å². The Labute approximate surface area is 157 Å². The van der Waals surface area contributed by atoms with Crippen LogP contribution in [0.2, 0.25) is 0 Å². The highest BCUT2D eigenvalue weighted by atomic mass is 16.2. The Morgan fingerprint density at radius 3 is 2.44 bits per heavy atom. The summed E-state index contributed by atoms with van der Waals surface area (Å²) in [5, 5.41) is 5.35. The zero-order valence-electron chi connectivity index (χ0n) is 15.5. The fourth-order valence-electron chi connectivity index (χ4n) is 2.96. The third-order valence-electron chi connectivity index (χ3n) is 4.23. The average molecular weight is 366 g/mol. The number of benzene rings is 2. The lowest BCUT2D eigenvalue weighted by molar-refractivity contribution is 0.0636. The molecule has 7 heteroatoms. The van der Waals surface area contributed by atoms with Crippen molar-refractivity contribution in [3.8, 4) is 0 Å². The van der Waals surface area contributed by atoms with E-state index >= 15 is 0 Å². The van der Waals surface area contributed by atoms with Crippen LogP contribution in [0, 0.1) is 12.8 Å². The lowest BCUT2D eigenvalue weighted by atomic mass is 10.1. The van der Waals surface area contributed by atoms with Crippen LogP contribution in [0.4, 0.5) is 21.9 Å². The molecule has 4 amide bonds. The highest BCUT2D eigenvalue weighted by Crippen LogP contribution is 2.27. The zero-order valence-corrected chi connectivity index (χ0v) is 15.5. The van der Waals surface area contributed by atoms with Crippen LogP contribution in [0.25, 0.3) is 0 Å². The second-order valence-corrected chi connectivity index (χ2v) is 7.04. The predicted molar refractivity (Wildman–Crippen MR) is 105 cm³/mol. The van der Waals surface area contributed by atoms with Crippen molar-refractivity contribution in [2.24, 2.45) is 5.92 Å². The molecular weight excluding hydrogens is 344 g/mol. The van der Waals surface area contributed by atoms with Crippen LogP contribution >= 0.6 is 0 Å². The highest BCUT2D eigenvalue weighted by molar-refractivity contribution is 6.22. The monoisotopic (exact) mass is 366 g/mol. The largest absolute Gasteiger partial charge is 0.397 e. The van der Waals surface area contributed by atoms with Gasteiger partial charge in [0.1, 0.15) is 0 Å². The molecule has 0 radical (unpaired) electrons. The summed E-state index contributed by atoms with van der Waals surface area (Å²) in [5.41, 5.74) is 8.86. The average Bonchev–Trinajstić information content (AvgIpc) is 2.82. The highest BCUT2D eigenvalue weighted by Gasteiger charge is 2.35. The number of carbonyl (C=O) groups excluding carboxylic acids is 3.